The van der Waals surface area contributed by atoms with Crippen molar-refractivity contribution < 1.29 is 9.90 Å². The Morgan fingerprint density at radius 3 is 2.58 bits per heavy atom. The maximum absolute atomic E-state index is 10.8. The number of hydrogen-bond donors (Lipinski definition) is 2. The zero-order chi connectivity index (χ0) is 13.7. The van der Waals surface area contributed by atoms with Crippen LogP contribution in [-0.4, -0.2) is 11.1 Å². The molecule has 0 atom stereocenters. The summed E-state index contributed by atoms with van der Waals surface area (Å²) >= 11 is 5.19. The van der Waals surface area contributed by atoms with Crippen LogP contribution in [0.4, 0.5) is 0 Å². The highest BCUT2D eigenvalue weighted by molar-refractivity contribution is 9.10. The van der Waals surface area contributed by atoms with Crippen molar-refractivity contribution in [2.24, 2.45) is 0 Å². The average molecular weight is 340 g/mol. The summed E-state index contributed by atoms with van der Waals surface area (Å²) in [4.78, 5) is 12.0. The average Bonchev–Trinajstić information content (AvgIpc) is 2.77. The van der Waals surface area contributed by atoms with Gasteiger partial charge < -0.3 is 10.4 Å². The molecule has 1 aromatic heterocycles. The van der Waals surface area contributed by atoms with Gasteiger partial charge in [-0.1, -0.05) is 24.3 Å². The van der Waals surface area contributed by atoms with Crippen molar-refractivity contribution in [1.82, 2.24) is 5.32 Å². The van der Waals surface area contributed by atoms with Crippen molar-refractivity contribution in [2.75, 3.05) is 0 Å². The summed E-state index contributed by atoms with van der Waals surface area (Å²) in [5.41, 5.74) is 1.91. The van der Waals surface area contributed by atoms with Gasteiger partial charge in [0.15, 0.2) is 0 Å². The maximum Gasteiger partial charge on any atom is 0.307 e. The first kappa shape index (κ1) is 14.2. The molecular weight excluding hydrogens is 326 g/mol. The second-order valence-corrected chi connectivity index (χ2v) is 5.99. The molecule has 0 saturated carbocycles. The zero-order valence-electron chi connectivity index (χ0n) is 10.2. The molecule has 2 N–H and O–H groups in total. The lowest BCUT2D eigenvalue weighted by atomic mass is 10.0. The predicted molar refractivity (Wildman–Crippen MR) is 80.3 cm³/mol. The van der Waals surface area contributed by atoms with Gasteiger partial charge in [-0.2, -0.15) is 0 Å². The second kappa shape index (κ2) is 6.84. The first-order valence-corrected chi connectivity index (χ1v) is 7.55. The lowest BCUT2D eigenvalue weighted by Gasteiger charge is -2.08. The number of aliphatic carboxylic acids is 1. The SMILES string of the molecule is O=C(O)Cc1ccccc1CNCc1sccc1Br. The third-order valence-corrected chi connectivity index (χ3v) is 4.68. The topological polar surface area (TPSA) is 49.3 Å². The number of thiophene rings is 1. The van der Waals surface area contributed by atoms with Crippen molar-refractivity contribution in [3.63, 3.8) is 0 Å². The van der Waals surface area contributed by atoms with Crippen molar-refractivity contribution in [2.45, 2.75) is 19.5 Å². The normalized spacial score (nSPS) is 10.6. The van der Waals surface area contributed by atoms with Crippen LogP contribution in [0.2, 0.25) is 0 Å². The van der Waals surface area contributed by atoms with E-state index in [-0.39, 0.29) is 6.42 Å². The maximum atomic E-state index is 10.8. The summed E-state index contributed by atoms with van der Waals surface area (Å²) in [5, 5.41) is 14.3. The van der Waals surface area contributed by atoms with Gasteiger partial charge in [0, 0.05) is 22.4 Å². The number of carboxylic acids is 1. The van der Waals surface area contributed by atoms with Gasteiger partial charge in [-0.3, -0.25) is 4.79 Å². The summed E-state index contributed by atoms with van der Waals surface area (Å²) in [7, 11) is 0. The van der Waals surface area contributed by atoms with Crippen LogP contribution < -0.4 is 5.32 Å². The number of halogens is 1. The van der Waals surface area contributed by atoms with Gasteiger partial charge in [-0.25, -0.2) is 0 Å². The summed E-state index contributed by atoms with van der Waals surface area (Å²) in [6.45, 7) is 1.45. The Kier molecular flexibility index (Phi) is 5.13. The Bertz CT molecular complexity index is 568. The molecule has 1 aromatic carbocycles. The minimum Gasteiger partial charge on any atom is -0.481 e. The molecular formula is C14H14BrNO2S. The quantitative estimate of drug-likeness (QED) is 0.847. The van der Waals surface area contributed by atoms with Crippen LogP contribution >= 0.6 is 27.3 Å². The van der Waals surface area contributed by atoms with Crippen LogP contribution in [0.25, 0.3) is 0 Å². The molecule has 0 aliphatic rings. The first-order chi connectivity index (χ1) is 9.16. The lowest BCUT2D eigenvalue weighted by molar-refractivity contribution is -0.136. The molecule has 100 valence electrons. The van der Waals surface area contributed by atoms with Crippen LogP contribution in [0.1, 0.15) is 16.0 Å². The van der Waals surface area contributed by atoms with Crippen molar-refractivity contribution in [3.05, 3.63) is 56.2 Å². The zero-order valence-corrected chi connectivity index (χ0v) is 12.6. The Morgan fingerprint density at radius 1 is 1.21 bits per heavy atom. The van der Waals surface area contributed by atoms with E-state index in [1.165, 1.54) is 4.88 Å². The van der Waals surface area contributed by atoms with E-state index in [4.69, 9.17) is 5.11 Å². The summed E-state index contributed by atoms with van der Waals surface area (Å²) in [6, 6.07) is 9.67. The molecule has 0 spiro atoms. The third-order valence-electron chi connectivity index (χ3n) is 2.75. The number of rotatable bonds is 6. The highest BCUT2D eigenvalue weighted by atomic mass is 79.9. The van der Waals surface area contributed by atoms with E-state index < -0.39 is 5.97 Å². The van der Waals surface area contributed by atoms with Gasteiger partial charge in [-0.15, -0.1) is 11.3 Å². The molecule has 2 aromatic rings. The van der Waals surface area contributed by atoms with E-state index in [9.17, 15) is 4.79 Å². The molecule has 5 heteroatoms. The van der Waals surface area contributed by atoms with Gasteiger partial charge in [0.25, 0.3) is 0 Å². The summed E-state index contributed by atoms with van der Waals surface area (Å²) in [6.07, 6.45) is 0.0700. The first-order valence-electron chi connectivity index (χ1n) is 5.88. The van der Waals surface area contributed by atoms with Gasteiger partial charge in [0.2, 0.25) is 0 Å². The van der Waals surface area contributed by atoms with E-state index in [0.717, 1.165) is 22.1 Å². The molecule has 0 aliphatic heterocycles. The van der Waals surface area contributed by atoms with Crippen LogP contribution in [0.3, 0.4) is 0 Å². The van der Waals surface area contributed by atoms with Crippen LogP contribution in [-0.2, 0) is 24.3 Å². The van der Waals surface area contributed by atoms with E-state index >= 15 is 0 Å². The van der Waals surface area contributed by atoms with E-state index in [1.807, 2.05) is 35.7 Å². The van der Waals surface area contributed by atoms with Crippen LogP contribution in [0.5, 0.6) is 0 Å². The molecule has 3 nitrogen and oxygen atoms in total. The van der Waals surface area contributed by atoms with E-state index in [2.05, 4.69) is 21.2 Å². The minimum atomic E-state index is -0.798. The summed E-state index contributed by atoms with van der Waals surface area (Å²) < 4.78 is 1.11. The highest BCUT2D eigenvalue weighted by Crippen LogP contribution is 2.22. The summed E-state index contributed by atoms with van der Waals surface area (Å²) in [5.74, 6) is -0.798. The predicted octanol–water partition coefficient (Wildman–Crippen LogP) is 3.43. The molecule has 0 fully saturated rings. The Morgan fingerprint density at radius 2 is 1.95 bits per heavy atom. The van der Waals surface area contributed by atoms with Crippen molar-refractivity contribution >= 4 is 33.2 Å². The van der Waals surface area contributed by atoms with Gasteiger partial charge in [0.05, 0.1) is 6.42 Å². The van der Waals surface area contributed by atoms with E-state index in [1.54, 1.807) is 11.3 Å². The number of hydrogen-bond acceptors (Lipinski definition) is 3. The molecule has 1 heterocycles. The molecule has 0 aliphatic carbocycles. The fraction of sp³-hybridized carbons (Fsp3) is 0.214. The van der Waals surface area contributed by atoms with Gasteiger partial charge in [0.1, 0.15) is 0 Å². The van der Waals surface area contributed by atoms with E-state index in [0.29, 0.717) is 6.54 Å². The molecule has 0 radical (unpaired) electrons. The number of carbonyl (C=O) groups is 1. The minimum absolute atomic E-state index is 0.0700. The monoisotopic (exact) mass is 339 g/mol. The Balaban J connectivity index is 1.96. The smallest absolute Gasteiger partial charge is 0.307 e. The Labute approximate surface area is 124 Å². The Hall–Kier alpha value is -1.17. The largest absolute Gasteiger partial charge is 0.481 e. The van der Waals surface area contributed by atoms with Crippen LogP contribution in [0, 0.1) is 0 Å². The van der Waals surface area contributed by atoms with Gasteiger partial charge >= 0.3 is 5.97 Å². The van der Waals surface area contributed by atoms with Crippen molar-refractivity contribution in [1.29, 1.82) is 0 Å². The highest BCUT2D eigenvalue weighted by Gasteiger charge is 2.06. The molecule has 0 saturated heterocycles. The third kappa shape index (κ3) is 4.16. The fourth-order valence-electron chi connectivity index (χ4n) is 1.83. The molecule has 0 amide bonds. The number of benzene rings is 1. The van der Waals surface area contributed by atoms with Gasteiger partial charge in [-0.05, 0) is 38.5 Å². The fourth-order valence-corrected chi connectivity index (χ4v) is 3.29. The molecule has 2 rings (SSSR count). The lowest BCUT2D eigenvalue weighted by Crippen LogP contribution is -2.14. The second-order valence-electron chi connectivity index (χ2n) is 4.13. The molecule has 0 bridgehead atoms. The van der Waals surface area contributed by atoms with Crippen molar-refractivity contribution in [3.8, 4) is 0 Å². The standard InChI is InChI=1S/C14H14BrNO2S/c15-12-5-6-19-13(12)9-16-8-11-4-2-1-3-10(11)7-14(17)18/h1-6,16H,7-9H2,(H,17,18). The number of carboxylic acid groups (broad SMARTS) is 1. The number of nitrogens with one attached hydrogen (secondary N) is 1. The van der Waals surface area contributed by atoms with Crippen LogP contribution in [0.15, 0.2) is 40.2 Å². The molecule has 19 heavy (non-hydrogen) atoms. The molecule has 0 unspecified atom stereocenters.